The molecule has 0 aliphatic carbocycles. The lowest BCUT2D eigenvalue weighted by atomic mass is 10.4. The van der Waals surface area contributed by atoms with Crippen LogP contribution >= 0.6 is 11.8 Å². The highest BCUT2D eigenvalue weighted by atomic mass is 32.2. The number of imidazole rings is 1. The second-order valence-electron chi connectivity index (χ2n) is 3.16. The summed E-state index contributed by atoms with van der Waals surface area (Å²) in [5.41, 5.74) is 0. The summed E-state index contributed by atoms with van der Waals surface area (Å²) < 4.78 is 1.87. The van der Waals surface area contributed by atoms with Gasteiger partial charge in [0, 0.05) is 12.3 Å². The molecule has 1 aromatic heterocycles. The summed E-state index contributed by atoms with van der Waals surface area (Å²) >= 11 is 1.86. The summed E-state index contributed by atoms with van der Waals surface area (Å²) in [5, 5.41) is 9.77. The van der Waals surface area contributed by atoms with E-state index < -0.39 is 0 Å². The van der Waals surface area contributed by atoms with E-state index >= 15 is 0 Å². The van der Waals surface area contributed by atoms with Gasteiger partial charge in [0.05, 0.1) is 11.9 Å². The summed E-state index contributed by atoms with van der Waals surface area (Å²) in [4.78, 5) is 4.01. The van der Waals surface area contributed by atoms with Crippen molar-refractivity contribution in [2.45, 2.75) is 31.3 Å². The highest BCUT2D eigenvalue weighted by Gasteiger charge is 2.06. The highest BCUT2D eigenvalue weighted by Crippen LogP contribution is 2.20. The Morgan fingerprint density at radius 3 is 2.85 bits per heavy atom. The summed E-state index contributed by atoms with van der Waals surface area (Å²) in [7, 11) is 1.90. The van der Waals surface area contributed by atoms with Crippen LogP contribution in [0.4, 0.5) is 0 Å². The van der Waals surface area contributed by atoms with Crippen LogP contribution in [0.25, 0.3) is 0 Å². The maximum Gasteiger partial charge on any atom is 0.229 e. The monoisotopic (exact) mass is 200 g/mol. The van der Waals surface area contributed by atoms with E-state index in [0.717, 1.165) is 11.6 Å². The molecule has 1 rings (SSSR count). The molecule has 0 amide bonds. The maximum atomic E-state index is 9.12. The minimum absolute atomic E-state index is 0.113. The molecule has 0 fully saturated rings. The zero-order valence-electron chi connectivity index (χ0n) is 8.32. The van der Waals surface area contributed by atoms with Gasteiger partial charge in [0.1, 0.15) is 5.82 Å². The van der Waals surface area contributed by atoms with Crippen LogP contribution in [0.15, 0.2) is 6.20 Å². The van der Waals surface area contributed by atoms with Crippen molar-refractivity contribution in [2.75, 3.05) is 0 Å². The van der Waals surface area contributed by atoms with Gasteiger partial charge in [0.25, 0.3) is 0 Å². The van der Waals surface area contributed by atoms with Gasteiger partial charge in [0.15, 0.2) is 0 Å². The van der Waals surface area contributed by atoms with Crippen molar-refractivity contribution >= 4 is 11.8 Å². The number of aromatic hydroxyl groups is 1. The van der Waals surface area contributed by atoms with Crippen LogP contribution in [-0.2, 0) is 12.8 Å². The molecule has 13 heavy (non-hydrogen) atoms. The first-order valence-electron chi connectivity index (χ1n) is 4.46. The molecule has 1 heterocycles. The van der Waals surface area contributed by atoms with Gasteiger partial charge < -0.3 is 9.67 Å². The van der Waals surface area contributed by atoms with E-state index in [2.05, 4.69) is 18.8 Å². The van der Waals surface area contributed by atoms with E-state index in [9.17, 15) is 0 Å². The molecule has 3 nitrogen and oxygen atoms in total. The van der Waals surface area contributed by atoms with E-state index in [-0.39, 0.29) is 5.88 Å². The lowest BCUT2D eigenvalue weighted by Crippen LogP contribution is -1.99. The predicted molar refractivity (Wildman–Crippen MR) is 55.9 cm³/mol. The van der Waals surface area contributed by atoms with Gasteiger partial charge >= 0.3 is 0 Å². The second-order valence-corrected chi connectivity index (χ2v) is 4.58. The molecule has 1 atom stereocenters. The molecule has 1 aromatic rings. The molecule has 1 unspecified atom stereocenters. The molecule has 0 bridgehead atoms. The van der Waals surface area contributed by atoms with Crippen LogP contribution in [0.2, 0.25) is 0 Å². The van der Waals surface area contributed by atoms with Crippen molar-refractivity contribution in [3.63, 3.8) is 0 Å². The minimum atomic E-state index is 0.113. The SMILES string of the molecule is CCC(C)SCc1nc(O)cn1C. The predicted octanol–water partition coefficient (Wildman–Crippen LogP) is 2.16. The Bertz CT molecular complexity index is 273. The van der Waals surface area contributed by atoms with E-state index in [4.69, 9.17) is 5.11 Å². The first-order valence-corrected chi connectivity index (χ1v) is 5.51. The Kier molecular flexibility index (Phi) is 3.66. The van der Waals surface area contributed by atoms with Crippen molar-refractivity contribution in [3.8, 4) is 5.88 Å². The summed E-state index contributed by atoms with van der Waals surface area (Å²) in [6.07, 6.45) is 2.80. The summed E-state index contributed by atoms with van der Waals surface area (Å²) in [6.45, 7) is 4.38. The molecule has 4 heteroatoms. The van der Waals surface area contributed by atoms with Crippen molar-refractivity contribution < 1.29 is 5.11 Å². The third kappa shape index (κ3) is 2.95. The van der Waals surface area contributed by atoms with Crippen molar-refractivity contribution in [1.29, 1.82) is 0 Å². The molecule has 0 spiro atoms. The summed E-state index contributed by atoms with van der Waals surface area (Å²) in [6, 6.07) is 0. The van der Waals surface area contributed by atoms with Crippen LogP contribution in [0, 0.1) is 0 Å². The van der Waals surface area contributed by atoms with E-state index in [1.807, 2.05) is 23.4 Å². The van der Waals surface area contributed by atoms with Gasteiger partial charge in [-0.1, -0.05) is 13.8 Å². The molecule has 74 valence electrons. The Morgan fingerprint density at radius 2 is 2.38 bits per heavy atom. The molecule has 1 N–H and O–H groups in total. The lowest BCUT2D eigenvalue weighted by molar-refractivity contribution is 0.455. The van der Waals surface area contributed by atoms with Crippen LogP contribution in [0.1, 0.15) is 26.1 Å². The average molecular weight is 200 g/mol. The number of aryl methyl sites for hydroxylation is 1. The first-order chi connectivity index (χ1) is 6.13. The largest absolute Gasteiger partial charge is 0.492 e. The van der Waals surface area contributed by atoms with Crippen LogP contribution in [0.3, 0.4) is 0 Å². The Balaban J connectivity index is 2.49. The molecule has 0 radical (unpaired) electrons. The zero-order chi connectivity index (χ0) is 9.84. The van der Waals surface area contributed by atoms with E-state index in [1.54, 1.807) is 6.20 Å². The van der Waals surface area contributed by atoms with Gasteiger partial charge in [0.2, 0.25) is 5.88 Å². The number of aromatic nitrogens is 2. The molecule has 0 aromatic carbocycles. The molecular weight excluding hydrogens is 184 g/mol. The standard InChI is InChI=1S/C9H16N2OS/c1-4-7(2)13-6-8-10-9(12)5-11(8)3/h5,7,12H,4,6H2,1-3H3. The molecular formula is C9H16N2OS. The fraction of sp³-hybridized carbons (Fsp3) is 0.667. The number of hydrogen-bond donors (Lipinski definition) is 1. The Labute approximate surface area is 83.2 Å². The van der Waals surface area contributed by atoms with Gasteiger partial charge in [-0.15, -0.1) is 0 Å². The van der Waals surface area contributed by atoms with Gasteiger partial charge in [-0.25, -0.2) is 0 Å². The first kappa shape index (κ1) is 10.4. The second kappa shape index (κ2) is 4.56. The van der Waals surface area contributed by atoms with Crippen LogP contribution in [-0.4, -0.2) is 19.9 Å². The Morgan fingerprint density at radius 1 is 1.69 bits per heavy atom. The minimum Gasteiger partial charge on any atom is -0.492 e. The third-order valence-corrected chi connectivity index (χ3v) is 3.36. The van der Waals surface area contributed by atoms with E-state index in [0.29, 0.717) is 5.25 Å². The van der Waals surface area contributed by atoms with Gasteiger partial charge in [-0.2, -0.15) is 16.7 Å². The normalized spacial score (nSPS) is 13.2. The number of thioether (sulfide) groups is 1. The third-order valence-electron chi connectivity index (χ3n) is 2.03. The lowest BCUT2D eigenvalue weighted by Gasteiger charge is -2.06. The molecule has 0 aliphatic rings. The Hall–Kier alpha value is -0.640. The fourth-order valence-electron chi connectivity index (χ4n) is 0.956. The fourth-order valence-corrected chi connectivity index (χ4v) is 1.89. The number of hydrogen-bond acceptors (Lipinski definition) is 3. The topological polar surface area (TPSA) is 38.1 Å². The number of nitrogens with zero attached hydrogens (tertiary/aromatic N) is 2. The van der Waals surface area contributed by atoms with E-state index in [1.165, 1.54) is 6.42 Å². The van der Waals surface area contributed by atoms with Crippen molar-refractivity contribution in [3.05, 3.63) is 12.0 Å². The highest BCUT2D eigenvalue weighted by molar-refractivity contribution is 7.99. The number of rotatable bonds is 4. The van der Waals surface area contributed by atoms with Crippen molar-refractivity contribution in [1.82, 2.24) is 9.55 Å². The smallest absolute Gasteiger partial charge is 0.229 e. The zero-order valence-corrected chi connectivity index (χ0v) is 9.14. The van der Waals surface area contributed by atoms with Crippen molar-refractivity contribution in [2.24, 2.45) is 7.05 Å². The molecule has 0 aliphatic heterocycles. The van der Waals surface area contributed by atoms with Crippen LogP contribution < -0.4 is 0 Å². The summed E-state index contributed by atoms with van der Waals surface area (Å²) in [5.74, 6) is 1.91. The van der Waals surface area contributed by atoms with Gasteiger partial charge in [-0.05, 0) is 6.42 Å². The average Bonchev–Trinajstić information content (AvgIpc) is 2.41. The van der Waals surface area contributed by atoms with Crippen LogP contribution in [0.5, 0.6) is 5.88 Å². The molecule has 0 saturated carbocycles. The van der Waals surface area contributed by atoms with Gasteiger partial charge in [-0.3, -0.25) is 0 Å². The molecule has 0 saturated heterocycles. The maximum absolute atomic E-state index is 9.12. The quantitative estimate of drug-likeness (QED) is 0.809.